The Bertz CT molecular complexity index is 149. The van der Waals surface area contributed by atoms with Gasteiger partial charge in [-0.2, -0.15) is 0 Å². The summed E-state index contributed by atoms with van der Waals surface area (Å²) in [5, 5.41) is 14.4. The highest BCUT2D eigenvalue weighted by molar-refractivity contribution is 7.46. The van der Waals surface area contributed by atoms with Crippen molar-refractivity contribution < 1.29 is 24.0 Å². The summed E-state index contributed by atoms with van der Waals surface area (Å²) in [6.45, 7) is -0.814. The summed E-state index contributed by atoms with van der Waals surface area (Å²) in [6, 6.07) is 0. The lowest BCUT2D eigenvalue weighted by atomic mass is 10.7. The Morgan fingerprint density at radius 3 is 2.22 bits per heavy atom. The highest BCUT2D eigenvalue weighted by Gasteiger charge is 2.16. The number of rotatable bonds is 2. The van der Waals surface area contributed by atoms with Crippen LogP contribution in [0.25, 0.3) is 0 Å². The van der Waals surface area contributed by atoms with Crippen LogP contribution in [-0.4, -0.2) is 27.4 Å². The van der Waals surface area contributed by atoms with Crippen molar-refractivity contribution in [3.05, 3.63) is 0 Å². The van der Waals surface area contributed by atoms with Gasteiger partial charge in [-0.1, -0.05) is 0 Å². The molecule has 0 aliphatic heterocycles. The summed E-state index contributed by atoms with van der Waals surface area (Å²) in [5.41, 5.74) is 0. The van der Waals surface area contributed by atoms with Crippen LogP contribution in [0.2, 0.25) is 0 Å². The topological polar surface area (TPSA) is 111 Å². The lowest BCUT2D eigenvalue weighted by Gasteiger charge is -2.03. The fourth-order valence-electron chi connectivity index (χ4n) is 0.172. The van der Waals surface area contributed by atoms with Gasteiger partial charge in [-0.15, -0.1) is 0 Å². The van der Waals surface area contributed by atoms with Crippen molar-refractivity contribution in [3.8, 4) is 0 Å². The average Bonchev–Trinajstić information content (AvgIpc) is 1.62. The third-order valence-corrected chi connectivity index (χ3v) is 0.831. The minimum atomic E-state index is -4.62. The largest absolute Gasteiger partial charge is 0.525 e. The summed E-state index contributed by atoms with van der Waals surface area (Å²) in [6.07, 6.45) is 0. The quantitative estimate of drug-likeness (QED) is 0.234. The van der Waals surface area contributed by atoms with Crippen LogP contribution in [0.1, 0.15) is 0 Å². The average molecular weight is 155 g/mol. The third-order valence-electron chi connectivity index (χ3n) is 0.373. The van der Waals surface area contributed by atoms with E-state index >= 15 is 0 Å². The van der Waals surface area contributed by atoms with Crippen molar-refractivity contribution in [2.24, 2.45) is 0 Å². The molecule has 54 valence electrons. The molecule has 0 aromatic carbocycles. The molecular formula is C2H6NO5P. The lowest BCUT2D eigenvalue weighted by Crippen LogP contribution is -2.05. The molecule has 0 spiro atoms. The van der Waals surface area contributed by atoms with E-state index in [0.29, 0.717) is 0 Å². The smallest absolute Gasteiger partial charge is 0.388 e. The molecule has 7 heteroatoms. The van der Waals surface area contributed by atoms with Gasteiger partial charge < -0.3 is 9.63 Å². The zero-order valence-corrected chi connectivity index (χ0v) is 5.21. The van der Waals surface area contributed by atoms with Gasteiger partial charge in [0.1, 0.15) is 6.61 Å². The molecule has 0 aliphatic carbocycles. The molecular weight excluding hydrogens is 149 g/mol. The van der Waals surface area contributed by atoms with E-state index in [4.69, 9.17) is 20.3 Å². The summed E-state index contributed by atoms with van der Waals surface area (Å²) in [7, 11) is -4.62. The number of aliphatic hydroxyl groups excluding tert-OH is 1. The maximum absolute atomic E-state index is 9.82. The number of nitrogens with one attached hydrogen (secondary N) is 1. The summed E-state index contributed by atoms with van der Waals surface area (Å²) in [4.78, 5) is 15.9. The van der Waals surface area contributed by atoms with E-state index in [-0.39, 0.29) is 0 Å². The molecule has 6 nitrogen and oxygen atoms in total. The van der Waals surface area contributed by atoms with Crippen LogP contribution in [0.4, 0.5) is 0 Å². The second-order valence-electron chi connectivity index (χ2n) is 1.16. The van der Waals surface area contributed by atoms with Crippen LogP contribution in [0.15, 0.2) is 0 Å². The predicted molar refractivity (Wildman–Crippen MR) is 27.9 cm³/mol. The van der Waals surface area contributed by atoms with E-state index < -0.39 is 20.3 Å². The van der Waals surface area contributed by atoms with E-state index in [2.05, 4.69) is 4.52 Å². The van der Waals surface area contributed by atoms with E-state index in [1.165, 1.54) is 0 Å². The SMILES string of the molecule is N=C(CO)OP(=O)(O)O. The van der Waals surface area contributed by atoms with Crippen LogP contribution >= 0.6 is 7.82 Å². The van der Waals surface area contributed by atoms with Crippen LogP contribution in [0.5, 0.6) is 0 Å². The molecule has 4 N–H and O–H groups in total. The molecule has 9 heavy (non-hydrogen) atoms. The molecule has 0 aliphatic rings. The van der Waals surface area contributed by atoms with Gasteiger partial charge in [-0.05, 0) is 0 Å². The molecule has 0 unspecified atom stereocenters. The van der Waals surface area contributed by atoms with Gasteiger partial charge in [0, 0.05) is 0 Å². The van der Waals surface area contributed by atoms with Crippen LogP contribution < -0.4 is 0 Å². The van der Waals surface area contributed by atoms with Gasteiger partial charge in [-0.3, -0.25) is 15.2 Å². The van der Waals surface area contributed by atoms with E-state index in [1.807, 2.05) is 0 Å². The van der Waals surface area contributed by atoms with Crippen LogP contribution in [0, 0.1) is 5.41 Å². The third kappa shape index (κ3) is 5.45. The number of phosphoric acid groups is 1. The zero-order chi connectivity index (χ0) is 7.49. The van der Waals surface area contributed by atoms with Crippen LogP contribution in [0.3, 0.4) is 0 Å². The summed E-state index contributed by atoms with van der Waals surface area (Å²) >= 11 is 0. The second-order valence-corrected chi connectivity index (χ2v) is 2.33. The fourth-order valence-corrected chi connectivity index (χ4v) is 0.517. The molecule has 0 fully saturated rings. The van der Waals surface area contributed by atoms with Gasteiger partial charge in [-0.25, -0.2) is 4.57 Å². The van der Waals surface area contributed by atoms with Crippen molar-refractivity contribution in [1.29, 1.82) is 5.41 Å². The highest BCUT2D eigenvalue weighted by Crippen LogP contribution is 2.35. The monoisotopic (exact) mass is 155 g/mol. The molecule has 0 aromatic rings. The standard InChI is InChI=1S/C2H6NO5P/c3-2(1-4)8-9(5,6)7/h3-4H,1H2,(H2,5,6,7). The Labute approximate surface area is 50.8 Å². The normalized spacial score (nSPS) is 11.0. The highest BCUT2D eigenvalue weighted by atomic mass is 31.2. The molecule has 0 heterocycles. The molecule has 0 bridgehead atoms. The molecule has 0 saturated heterocycles. The first-order valence-electron chi connectivity index (χ1n) is 1.89. The minimum absolute atomic E-state index is 0.814. The van der Waals surface area contributed by atoms with Gasteiger partial charge in [0.2, 0.25) is 5.90 Å². The van der Waals surface area contributed by atoms with Crippen molar-refractivity contribution in [3.63, 3.8) is 0 Å². The summed E-state index contributed by atoms with van der Waals surface area (Å²) in [5.74, 6) is -0.844. The maximum Gasteiger partial charge on any atom is 0.525 e. The molecule has 0 radical (unpaired) electrons. The number of hydrogen-bond acceptors (Lipinski definition) is 4. The molecule has 0 rings (SSSR count). The Kier molecular flexibility index (Phi) is 2.80. The lowest BCUT2D eigenvalue weighted by molar-refractivity contribution is 0.257. The molecule has 0 saturated carbocycles. The van der Waals surface area contributed by atoms with Gasteiger partial charge in [0.25, 0.3) is 0 Å². The van der Waals surface area contributed by atoms with Crippen molar-refractivity contribution in [1.82, 2.24) is 0 Å². The van der Waals surface area contributed by atoms with E-state index in [9.17, 15) is 4.57 Å². The first kappa shape index (κ1) is 8.58. The maximum atomic E-state index is 9.82. The van der Waals surface area contributed by atoms with Gasteiger partial charge >= 0.3 is 7.82 Å². The molecule has 0 aromatic heterocycles. The Morgan fingerprint density at radius 2 is 2.11 bits per heavy atom. The first-order valence-corrected chi connectivity index (χ1v) is 3.42. The van der Waals surface area contributed by atoms with E-state index in [0.717, 1.165) is 0 Å². The predicted octanol–water partition coefficient (Wildman–Crippen LogP) is -0.935. The number of hydrogen-bond donors (Lipinski definition) is 4. The zero-order valence-electron chi connectivity index (χ0n) is 4.31. The first-order chi connectivity index (χ1) is 3.95. The summed E-state index contributed by atoms with van der Waals surface area (Å²) < 4.78 is 13.4. The van der Waals surface area contributed by atoms with Gasteiger partial charge in [0.15, 0.2) is 0 Å². The van der Waals surface area contributed by atoms with Crippen molar-refractivity contribution in [2.45, 2.75) is 0 Å². The van der Waals surface area contributed by atoms with Gasteiger partial charge in [0.05, 0.1) is 0 Å². The van der Waals surface area contributed by atoms with Crippen molar-refractivity contribution >= 4 is 13.7 Å². The number of phosphoric ester groups is 1. The van der Waals surface area contributed by atoms with Crippen molar-refractivity contribution in [2.75, 3.05) is 6.61 Å². The second kappa shape index (κ2) is 2.93. The Balaban J connectivity index is 3.75. The molecule has 0 amide bonds. The fraction of sp³-hybridized carbons (Fsp3) is 0.500. The minimum Gasteiger partial charge on any atom is -0.388 e. The number of aliphatic hydroxyl groups is 1. The van der Waals surface area contributed by atoms with E-state index in [1.54, 1.807) is 0 Å². The van der Waals surface area contributed by atoms with Crippen LogP contribution in [-0.2, 0) is 9.09 Å². The Morgan fingerprint density at radius 1 is 1.67 bits per heavy atom. The Hall–Kier alpha value is -0.420. The molecule has 0 atom stereocenters.